The van der Waals surface area contributed by atoms with Gasteiger partial charge in [-0.3, -0.25) is 4.79 Å². The highest BCUT2D eigenvalue weighted by atomic mass is 16.5. The van der Waals surface area contributed by atoms with Crippen molar-refractivity contribution in [3.8, 4) is 11.5 Å². The Labute approximate surface area is 228 Å². The fraction of sp³-hybridized carbons (Fsp3) is 0.571. The molecule has 5 saturated carbocycles. The summed E-state index contributed by atoms with van der Waals surface area (Å²) in [4.78, 5) is 12.4. The van der Waals surface area contributed by atoms with Gasteiger partial charge in [-0.1, -0.05) is 49.1 Å². The van der Waals surface area contributed by atoms with Gasteiger partial charge in [0.25, 0.3) is 0 Å². The first kappa shape index (κ1) is 25.7. The fourth-order valence-electron chi connectivity index (χ4n) is 8.34. The summed E-state index contributed by atoms with van der Waals surface area (Å²) in [6, 6.07) is 16.5. The third-order valence-electron chi connectivity index (χ3n) is 10.0. The quantitative estimate of drug-likeness (QED) is 0.324. The van der Waals surface area contributed by atoms with Crippen molar-refractivity contribution in [2.75, 3.05) is 6.61 Å². The number of hydrogen-bond donors (Lipinski definition) is 1. The first-order valence-electron chi connectivity index (χ1n) is 15.4. The molecule has 202 valence electrons. The minimum absolute atomic E-state index is 0.324. The number of carbonyl (C=O) groups excluding carboxylic acids is 1. The minimum Gasteiger partial charge on any atom is -0.508 e. The van der Waals surface area contributed by atoms with Crippen molar-refractivity contribution in [2.45, 2.75) is 89.9 Å². The van der Waals surface area contributed by atoms with Gasteiger partial charge >= 0.3 is 0 Å². The molecule has 0 radical (unpaired) electrons. The number of allylic oxidation sites excluding steroid dienone is 1. The van der Waals surface area contributed by atoms with Gasteiger partial charge in [0.15, 0.2) is 0 Å². The molecule has 5 fully saturated rings. The van der Waals surface area contributed by atoms with Crippen LogP contribution in [0.1, 0.15) is 101 Å². The molecule has 5 aliphatic rings. The van der Waals surface area contributed by atoms with E-state index in [-0.39, 0.29) is 0 Å². The summed E-state index contributed by atoms with van der Waals surface area (Å²) < 4.78 is 6.09. The molecular weight excluding hydrogens is 468 g/mol. The predicted octanol–water partition coefficient (Wildman–Crippen LogP) is 8.74. The standard InChI is InChI=1S/C35H44O3/c36-31-14-10-27(11-15-31)34(35-29-20-24-19-25(22-29)23-30(35)21-24)28-12-16-32(17-13-28)38-18-6-2-5-9-33(37)26-7-3-1-4-8-26/h10-17,24-26,29-30,36H,1-9,18-23H2. The first-order chi connectivity index (χ1) is 18.6. The summed E-state index contributed by atoms with van der Waals surface area (Å²) in [5, 5.41) is 9.93. The molecule has 3 heteroatoms. The molecule has 7 rings (SSSR count). The topological polar surface area (TPSA) is 46.5 Å². The molecule has 4 bridgehead atoms. The van der Waals surface area contributed by atoms with Gasteiger partial charge in [-0.25, -0.2) is 0 Å². The Hall–Kier alpha value is -2.55. The number of carbonyl (C=O) groups is 1. The molecule has 0 aliphatic heterocycles. The molecule has 0 heterocycles. The normalized spacial score (nSPS) is 26.5. The Balaban J connectivity index is 1.08. The molecule has 0 aromatic heterocycles. The highest BCUT2D eigenvalue weighted by Gasteiger charge is 2.46. The van der Waals surface area contributed by atoms with Crippen molar-refractivity contribution in [3.63, 3.8) is 0 Å². The fourth-order valence-corrected chi connectivity index (χ4v) is 8.34. The van der Waals surface area contributed by atoms with Gasteiger partial charge in [-0.2, -0.15) is 0 Å². The Bertz CT molecular complexity index is 1090. The van der Waals surface area contributed by atoms with Gasteiger partial charge in [0.2, 0.25) is 0 Å². The second-order valence-electron chi connectivity index (χ2n) is 12.7. The van der Waals surface area contributed by atoms with Crippen LogP contribution in [-0.4, -0.2) is 17.5 Å². The third kappa shape index (κ3) is 5.72. The minimum atomic E-state index is 0.324. The summed E-state index contributed by atoms with van der Waals surface area (Å²) in [5.41, 5.74) is 5.57. The van der Waals surface area contributed by atoms with Crippen LogP contribution in [0.5, 0.6) is 11.5 Å². The summed E-state index contributed by atoms with van der Waals surface area (Å²) in [7, 11) is 0. The van der Waals surface area contributed by atoms with Crippen LogP contribution in [0.4, 0.5) is 0 Å². The van der Waals surface area contributed by atoms with E-state index in [0.29, 0.717) is 24.1 Å². The number of aromatic hydroxyl groups is 1. The van der Waals surface area contributed by atoms with Gasteiger partial charge < -0.3 is 9.84 Å². The lowest BCUT2D eigenvalue weighted by atomic mass is 9.53. The molecule has 1 N–H and O–H groups in total. The van der Waals surface area contributed by atoms with E-state index in [1.165, 1.54) is 68.1 Å². The number of hydrogen-bond acceptors (Lipinski definition) is 3. The summed E-state index contributed by atoms with van der Waals surface area (Å²) in [6.07, 6.45) is 16.7. The van der Waals surface area contributed by atoms with Crippen molar-refractivity contribution in [1.29, 1.82) is 0 Å². The molecule has 0 spiro atoms. The molecule has 3 nitrogen and oxygen atoms in total. The number of rotatable bonds is 10. The number of phenolic OH excluding ortho intramolecular Hbond substituents is 1. The Morgan fingerprint density at radius 1 is 0.737 bits per heavy atom. The SMILES string of the molecule is O=C(CCCCCOc1ccc(C(=C2C3CC4CC(C3)CC2C4)c2ccc(O)cc2)cc1)C1CCCCC1. The van der Waals surface area contributed by atoms with E-state index in [9.17, 15) is 9.90 Å². The molecule has 2 aromatic carbocycles. The number of ketones is 1. The number of benzene rings is 2. The smallest absolute Gasteiger partial charge is 0.135 e. The second kappa shape index (κ2) is 11.7. The van der Waals surface area contributed by atoms with Crippen LogP contribution >= 0.6 is 0 Å². The lowest BCUT2D eigenvalue weighted by molar-refractivity contribution is -0.123. The molecular formula is C35H44O3. The van der Waals surface area contributed by atoms with Crippen LogP contribution in [0.25, 0.3) is 5.57 Å². The lowest BCUT2D eigenvalue weighted by Gasteiger charge is -2.52. The maximum Gasteiger partial charge on any atom is 0.135 e. The van der Waals surface area contributed by atoms with Crippen LogP contribution in [-0.2, 0) is 4.79 Å². The van der Waals surface area contributed by atoms with E-state index in [2.05, 4.69) is 36.4 Å². The second-order valence-corrected chi connectivity index (χ2v) is 12.7. The number of unbranched alkanes of at least 4 members (excludes halogenated alkanes) is 2. The van der Waals surface area contributed by atoms with Gasteiger partial charge in [-0.05, 0) is 129 Å². The first-order valence-corrected chi connectivity index (χ1v) is 15.4. The van der Waals surface area contributed by atoms with E-state index in [1.807, 2.05) is 12.1 Å². The van der Waals surface area contributed by atoms with Crippen molar-refractivity contribution in [1.82, 2.24) is 0 Å². The highest BCUT2D eigenvalue weighted by Crippen LogP contribution is 2.58. The van der Waals surface area contributed by atoms with Crippen molar-refractivity contribution in [3.05, 3.63) is 65.2 Å². The van der Waals surface area contributed by atoms with Crippen LogP contribution in [0, 0.1) is 29.6 Å². The molecule has 0 unspecified atom stereocenters. The third-order valence-corrected chi connectivity index (χ3v) is 10.0. The van der Waals surface area contributed by atoms with Crippen LogP contribution < -0.4 is 4.74 Å². The zero-order valence-electron chi connectivity index (χ0n) is 22.9. The Morgan fingerprint density at radius 2 is 1.34 bits per heavy atom. The van der Waals surface area contributed by atoms with E-state index in [4.69, 9.17) is 4.74 Å². The van der Waals surface area contributed by atoms with Crippen molar-refractivity contribution in [2.24, 2.45) is 29.6 Å². The average Bonchev–Trinajstić information content (AvgIpc) is 2.94. The largest absolute Gasteiger partial charge is 0.508 e. The Kier molecular flexibility index (Phi) is 7.90. The van der Waals surface area contributed by atoms with Gasteiger partial charge in [0, 0.05) is 12.3 Å². The molecule has 2 aromatic rings. The summed E-state index contributed by atoms with van der Waals surface area (Å²) in [5.74, 6) is 5.40. The summed E-state index contributed by atoms with van der Waals surface area (Å²) >= 11 is 0. The van der Waals surface area contributed by atoms with E-state index in [0.717, 1.165) is 67.9 Å². The van der Waals surface area contributed by atoms with Crippen LogP contribution in [0.3, 0.4) is 0 Å². The van der Waals surface area contributed by atoms with Gasteiger partial charge in [0.05, 0.1) is 6.61 Å². The number of ether oxygens (including phenoxy) is 1. The van der Waals surface area contributed by atoms with Crippen LogP contribution in [0.2, 0.25) is 0 Å². The van der Waals surface area contributed by atoms with E-state index in [1.54, 1.807) is 5.57 Å². The maximum absolute atomic E-state index is 12.4. The lowest BCUT2D eigenvalue weighted by Crippen LogP contribution is -2.40. The molecule has 0 saturated heterocycles. The van der Waals surface area contributed by atoms with Gasteiger partial charge in [-0.15, -0.1) is 0 Å². The zero-order valence-corrected chi connectivity index (χ0v) is 22.9. The monoisotopic (exact) mass is 512 g/mol. The average molecular weight is 513 g/mol. The molecule has 5 aliphatic carbocycles. The molecule has 38 heavy (non-hydrogen) atoms. The summed E-state index contributed by atoms with van der Waals surface area (Å²) in [6.45, 7) is 0.704. The van der Waals surface area contributed by atoms with Crippen LogP contribution in [0.15, 0.2) is 54.1 Å². The highest BCUT2D eigenvalue weighted by molar-refractivity contribution is 5.83. The molecule has 0 amide bonds. The van der Waals surface area contributed by atoms with Crippen molar-refractivity contribution >= 4 is 11.4 Å². The number of phenols is 1. The zero-order chi connectivity index (χ0) is 25.9. The number of Topliss-reactive ketones (excluding diaryl/α,β-unsaturated/α-hetero) is 1. The van der Waals surface area contributed by atoms with E-state index >= 15 is 0 Å². The van der Waals surface area contributed by atoms with E-state index < -0.39 is 0 Å². The predicted molar refractivity (Wildman–Crippen MR) is 153 cm³/mol. The maximum atomic E-state index is 12.4. The van der Waals surface area contributed by atoms with Crippen molar-refractivity contribution < 1.29 is 14.6 Å². The Morgan fingerprint density at radius 3 is 1.97 bits per heavy atom. The van der Waals surface area contributed by atoms with Gasteiger partial charge in [0.1, 0.15) is 17.3 Å². The molecule has 0 atom stereocenters.